The van der Waals surface area contributed by atoms with Crippen LogP contribution >= 0.6 is 0 Å². The number of rotatable bonds is 4. The lowest BCUT2D eigenvalue weighted by Gasteiger charge is -2.48. The van der Waals surface area contributed by atoms with Crippen molar-refractivity contribution in [3.05, 3.63) is 78.1 Å². The van der Waals surface area contributed by atoms with Crippen molar-refractivity contribution >= 4 is 11.8 Å². The fourth-order valence-corrected chi connectivity index (χ4v) is 4.31. The van der Waals surface area contributed by atoms with E-state index in [1.807, 2.05) is 52.3 Å². The number of nitrogens with one attached hydrogen (secondary N) is 1. The molecule has 7 heteroatoms. The summed E-state index contributed by atoms with van der Waals surface area (Å²) in [5.41, 5.74) is 3.60. The average molecular weight is 415 g/mol. The molecule has 2 amide bonds. The van der Waals surface area contributed by atoms with Crippen LogP contribution in [0.4, 0.5) is 0 Å². The summed E-state index contributed by atoms with van der Waals surface area (Å²) in [4.78, 5) is 31.4. The van der Waals surface area contributed by atoms with Gasteiger partial charge in [0.25, 0.3) is 11.8 Å². The SMILES string of the molecule is O=C(c1cn[nH]c1)N1CCN(C2CN(C(=O)c3ccc(-c4ccccc4)cc3)C2)CC1. The minimum Gasteiger partial charge on any atom is -0.336 e. The fourth-order valence-electron chi connectivity index (χ4n) is 4.31. The molecule has 3 heterocycles. The molecule has 1 aromatic heterocycles. The van der Waals surface area contributed by atoms with Gasteiger partial charge in [0.1, 0.15) is 0 Å². The maximum atomic E-state index is 12.8. The minimum atomic E-state index is 0.0257. The van der Waals surface area contributed by atoms with E-state index in [4.69, 9.17) is 0 Å². The first-order valence-corrected chi connectivity index (χ1v) is 10.7. The van der Waals surface area contributed by atoms with Crippen LogP contribution in [-0.4, -0.2) is 82.0 Å². The smallest absolute Gasteiger partial charge is 0.257 e. The van der Waals surface area contributed by atoms with Gasteiger partial charge in [-0.15, -0.1) is 0 Å². The number of amides is 2. The van der Waals surface area contributed by atoms with Gasteiger partial charge in [0, 0.05) is 57.1 Å². The van der Waals surface area contributed by atoms with E-state index in [-0.39, 0.29) is 11.8 Å². The normalized spacial score (nSPS) is 17.4. The van der Waals surface area contributed by atoms with Crippen LogP contribution in [-0.2, 0) is 0 Å². The second-order valence-corrected chi connectivity index (χ2v) is 8.12. The first-order chi connectivity index (χ1) is 15.2. The fraction of sp³-hybridized carbons (Fsp3) is 0.292. The van der Waals surface area contributed by atoms with Crippen LogP contribution in [0.5, 0.6) is 0 Å². The Bertz CT molecular complexity index is 1040. The van der Waals surface area contributed by atoms with Crippen molar-refractivity contribution in [2.24, 2.45) is 0 Å². The molecule has 5 rings (SSSR count). The van der Waals surface area contributed by atoms with E-state index < -0.39 is 0 Å². The van der Waals surface area contributed by atoms with Gasteiger partial charge in [0.05, 0.1) is 11.8 Å². The zero-order valence-corrected chi connectivity index (χ0v) is 17.3. The number of H-pyrrole nitrogens is 1. The van der Waals surface area contributed by atoms with E-state index in [0.29, 0.717) is 24.7 Å². The Hall–Kier alpha value is -3.45. The highest BCUT2D eigenvalue weighted by Crippen LogP contribution is 2.23. The van der Waals surface area contributed by atoms with Crippen molar-refractivity contribution in [1.82, 2.24) is 24.9 Å². The average Bonchev–Trinajstić information content (AvgIpc) is 3.34. The maximum absolute atomic E-state index is 12.8. The van der Waals surface area contributed by atoms with Crippen molar-refractivity contribution in [2.75, 3.05) is 39.3 Å². The minimum absolute atomic E-state index is 0.0257. The number of aromatic nitrogens is 2. The van der Waals surface area contributed by atoms with Crippen molar-refractivity contribution in [1.29, 1.82) is 0 Å². The predicted molar refractivity (Wildman–Crippen MR) is 118 cm³/mol. The van der Waals surface area contributed by atoms with Crippen LogP contribution in [0.25, 0.3) is 11.1 Å². The third-order valence-electron chi connectivity index (χ3n) is 6.25. The van der Waals surface area contributed by atoms with Crippen LogP contribution in [0.15, 0.2) is 67.0 Å². The van der Waals surface area contributed by atoms with Gasteiger partial charge < -0.3 is 9.80 Å². The number of hydrogen-bond acceptors (Lipinski definition) is 4. The summed E-state index contributed by atoms with van der Waals surface area (Å²) in [6.45, 7) is 4.57. The topological polar surface area (TPSA) is 72.5 Å². The Morgan fingerprint density at radius 1 is 0.774 bits per heavy atom. The molecule has 2 aromatic carbocycles. The maximum Gasteiger partial charge on any atom is 0.257 e. The quantitative estimate of drug-likeness (QED) is 0.710. The Balaban J connectivity index is 1.12. The Morgan fingerprint density at radius 3 is 2.06 bits per heavy atom. The molecule has 2 aliphatic rings. The number of carbonyl (C=O) groups excluding carboxylic acids is 2. The molecule has 158 valence electrons. The number of benzene rings is 2. The van der Waals surface area contributed by atoms with E-state index >= 15 is 0 Å². The Kier molecular flexibility index (Phi) is 5.26. The molecule has 0 bridgehead atoms. The lowest BCUT2D eigenvalue weighted by molar-refractivity contribution is 0.00854. The number of carbonyl (C=O) groups is 2. The number of likely N-dealkylation sites (tertiary alicyclic amines) is 1. The summed E-state index contributed by atoms with van der Waals surface area (Å²) in [5.74, 6) is 0.113. The van der Waals surface area contributed by atoms with Crippen molar-refractivity contribution < 1.29 is 9.59 Å². The van der Waals surface area contributed by atoms with Gasteiger partial charge in [0.15, 0.2) is 0 Å². The van der Waals surface area contributed by atoms with Gasteiger partial charge >= 0.3 is 0 Å². The molecule has 0 unspecified atom stereocenters. The molecule has 1 N–H and O–H groups in total. The second-order valence-electron chi connectivity index (χ2n) is 8.12. The van der Waals surface area contributed by atoms with Crippen molar-refractivity contribution in [2.45, 2.75) is 6.04 Å². The highest BCUT2D eigenvalue weighted by atomic mass is 16.2. The highest BCUT2D eigenvalue weighted by molar-refractivity contribution is 5.95. The van der Waals surface area contributed by atoms with Crippen LogP contribution in [0.1, 0.15) is 20.7 Å². The summed E-state index contributed by atoms with van der Waals surface area (Å²) in [5, 5.41) is 6.54. The summed E-state index contributed by atoms with van der Waals surface area (Å²) in [7, 11) is 0. The summed E-state index contributed by atoms with van der Waals surface area (Å²) in [6, 6.07) is 18.4. The van der Waals surface area contributed by atoms with Crippen molar-refractivity contribution in [3.8, 4) is 11.1 Å². The van der Waals surface area contributed by atoms with Crippen LogP contribution in [0.3, 0.4) is 0 Å². The summed E-state index contributed by atoms with van der Waals surface area (Å²) >= 11 is 0. The van der Waals surface area contributed by atoms with Gasteiger partial charge in [-0.2, -0.15) is 5.10 Å². The Morgan fingerprint density at radius 2 is 1.42 bits per heavy atom. The van der Waals surface area contributed by atoms with Crippen LogP contribution < -0.4 is 0 Å². The highest BCUT2D eigenvalue weighted by Gasteiger charge is 2.37. The molecule has 2 aliphatic heterocycles. The molecule has 0 radical (unpaired) electrons. The first-order valence-electron chi connectivity index (χ1n) is 10.7. The first kappa shape index (κ1) is 19.5. The molecule has 0 atom stereocenters. The number of piperazine rings is 1. The third-order valence-corrected chi connectivity index (χ3v) is 6.25. The van der Waals surface area contributed by atoms with Crippen molar-refractivity contribution in [3.63, 3.8) is 0 Å². The van der Waals surface area contributed by atoms with E-state index in [2.05, 4.69) is 27.2 Å². The number of hydrogen-bond donors (Lipinski definition) is 1. The van der Waals surface area contributed by atoms with E-state index in [9.17, 15) is 9.59 Å². The largest absolute Gasteiger partial charge is 0.336 e. The molecular formula is C24H25N5O2. The van der Waals surface area contributed by atoms with Gasteiger partial charge in [-0.3, -0.25) is 19.6 Å². The monoisotopic (exact) mass is 415 g/mol. The summed E-state index contributed by atoms with van der Waals surface area (Å²) in [6.07, 6.45) is 3.20. The zero-order valence-electron chi connectivity index (χ0n) is 17.3. The molecule has 2 saturated heterocycles. The van der Waals surface area contributed by atoms with Crippen LogP contribution in [0.2, 0.25) is 0 Å². The molecule has 7 nitrogen and oxygen atoms in total. The van der Waals surface area contributed by atoms with E-state index in [1.54, 1.807) is 12.4 Å². The van der Waals surface area contributed by atoms with Gasteiger partial charge in [0.2, 0.25) is 0 Å². The second kappa shape index (κ2) is 8.35. The van der Waals surface area contributed by atoms with E-state index in [1.165, 1.54) is 0 Å². The zero-order chi connectivity index (χ0) is 21.2. The lowest BCUT2D eigenvalue weighted by atomic mass is 10.0. The molecular weight excluding hydrogens is 390 g/mol. The van der Waals surface area contributed by atoms with Gasteiger partial charge in [-0.1, -0.05) is 42.5 Å². The Labute approximate surface area is 181 Å². The third kappa shape index (κ3) is 3.96. The molecule has 0 aliphatic carbocycles. The molecule has 0 saturated carbocycles. The molecule has 3 aromatic rings. The van der Waals surface area contributed by atoms with E-state index in [0.717, 1.165) is 42.9 Å². The molecule has 0 spiro atoms. The standard InChI is InChI=1S/C24H25N5O2/c30-23(20-8-6-19(7-9-20)18-4-2-1-3-5-18)29-16-22(17-29)27-10-12-28(13-11-27)24(31)21-14-25-26-15-21/h1-9,14-15,22H,10-13,16-17H2,(H,25,26). The van der Waals surface area contributed by atoms with Gasteiger partial charge in [-0.05, 0) is 23.3 Å². The molecule has 2 fully saturated rings. The van der Waals surface area contributed by atoms with Crippen LogP contribution in [0, 0.1) is 0 Å². The summed E-state index contributed by atoms with van der Waals surface area (Å²) < 4.78 is 0. The molecule has 31 heavy (non-hydrogen) atoms. The van der Waals surface area contributed by atoms with Gasteiger partial charge in [-0.25, -0.2) is 0 Å². The number of nitrogens with zero attached hydrogens (tertiary/aromatic N) is 4. The lowest BCUT2D eigenvalue weighted by Crippen LogP contribution is -2.64. The predicted octanol–water partition coefficient (Wildman–Crippen LogP) is 2.36. The number of aromatic amines is 1.